The lowest BCUT2D eigenvalue weighted by molar-refractivity contribution is 0.560. The Morgan fingerprint density at radius 2 is 1.95 bits per heavy atom. The average Bonchev–Trinajstić information content (AvgIpc) is 2.69. The molecule has 0 aliphatic heterocycles. The first-order valence-electron chi connectivity index (χ1n) is 7.19. The topological polar surface area (TPSA) is 28.2 Å². The van der Waals surface area contributed by atoms with Gasteiger partial charge < -0.3 is 10.2 Å². The van der Waals surface area contributed by atoms with E-state index in [1.165, 1.54) is 15.7 Å². The van der Waals surface area contributed by atoms with Crippen LogP contribution in [0.4, 0.5) is 5.13 Å². The van der Waals surface area contributed by atoms with Gasteiger partial charge in [0.05, 0.1) is 5.69 Å². The molecule has 0 atom stereocenters. The third kappa shape index (κ3) is 4.46. The van der Waals surface area contributed by atoms with Crippen LogP contribution in [0.2, 0.25) is 0 Å². The molecule has 1 aromatic heterocycles. The first-order chi connectivity index (χ1) is 8.79. The van der Waals surface area contributed by atoms with Gasteiger partial charge in [-0.15, -0.1) is 11.3 Å². The highest BCUT2D eigenvalue weighted by Gasteiger charge is 2.24. The highest BCUT2D eigenvalue weighted by molar-refractivity contribution is 7.15. The molecule has 0 aromatic carbocycles. The zero-order valence-corrected chi connectivity index (χ0v) is 14.3. The maximum absolute atomic E-state index is 4.93. The van der Waals surface area contributed by atoms with Crippen molar-refractivity contribution < 1.29 is 0 Å². The molecule has 0 saturated carbocycles. The number of nitrogens with zero attached hydrogens (tertiary/aromatic N) is 2. The van der Waals surface area contributed by atoms with Gasteiger partial charge in [0, 0.05) is 29.9 Å². The van der Waals surface area contributed by atoms with E-state index in [9.17, 15) is 0 Å². The van der Waals surface area contributed by atoms with E-state index >= 15 is 0 Å². The summed E-state index contributed by atoms with van der Waals surface area (Å²) in [6.07, 6.45) is 0. The highest BCUT2D eigenvalue weighted by Crippen LogP contribution is 2.34. The molecule has 110 valence electrons. The lowest BCUT2D eigenvalue weighted by atomic mass is 9.91. The summed E-state index contributed by atoms with van der Waals surface area (Å²) in [5.74, 6) is 0.662. The standard InChI is InChI=1S/C15H29N3S/c1-8-18(10-11(2)3)14-17-13(15(4,5)6)12(19-14)9-16-7/h11,16H,8-10H2,1-7H3. The Labute approximate surface area is 122 Å². The Kier molecular flexibility index (Phi) is 5.81. The highest BCUT2D eigenvalue weighted by atomic mass is 32.1. The molecular formula is C15H29N3S. The normalized spacial score (nSPS) is 12.2. The third-order valence-corrected chi connectivity index (χ3v) is 4.09. The Morgan fingerprint density at radius 3 is 2.37 bits per heavy atom. The number of hydrogen-bond acceptors (Lipinski definition) is 4. The molecule has 0 spiro atoms. The van der Waals surface area contributed by atoms with Gasteiger partial charge >= 0.3 is 0 Å². The van der Waals surface area contributed by atoms with E-state index in [0.717, 1.165) is 19.6 Å². The van der Waals surface area contributed by atoms with Crippen molar-refractivity contribution in [1.82, 2.24) is 10.3 Å². The minimum Gasteiger partial charge on any atom is -0.348 e. The fourth-order valence-corrected chi connectivity index (χ4v) is 3.48. The van der Waals surface area contributed by atoms with Crippen molar-refractivity contribution in [3.8, 4) is 0 Å². The number of aromatic nitrogens is 1. The van der Waals surface area contributed by atoms with Crippen LogP contribution in [0.1, 0.15) is 52.1 Å². The third-order valence-electron chi connectivity index (χ3n) is 2.97. The van der Waals surface area contributed by atoms with Gasteiger partial charge in [-0.3, -0.25) is 0 Å². The maximum Gasteiger partial charge on any atom is 0.185 e. The van der Waals surface area contributed by atoms with E-state index in [-0.39, 0.29) is 5.41 Å². The summed E-state index contributed by atoms with van der Waals surface area (Å²) in [5.41, 5.74) is 1.35. The van der Waals surface area contributed by atoms with E-state index in [1.807, 2.05) is 18.4 Å². The molecule has 0 aliphatic carbocycles. The zero-order valence-electron chi connectivity index (χ0n) is 13.5. The fraction of sp³-hybridized carbons (Fsp3) is 0.800. The molecular weight excluding hydrogens is 254 g/mol. The molecule has 1 heterocycles. The Bertz CT molecular complexity index is 391. The molecule has 4 heteroatoms. The second-order valence-corrected chi connectivity index (χ2v) is 7.54. The van der Waals surface area contributed by atoms with E-state index in [2.05, 4.69) is 51.8 Å². The second kappa shape index (κ2) is 6.71. The molecule has 1 aromatic rings. The van der Waals surface area contributed by atoms with Crippen LogP contribution in [-0.4, -0.2) is 25.1 Å². The van der Waals surface area contributed by atoms with E-state index < -0.39 is 0 Å². The van der Waals surface area contributed by atoms with Gasteiger partial charge in [-0.05, 0) is 19.9 Å². The molecule has 1 N–H and O–H groups in total. The van der Waals surface area contributed by atoms with Gasteiger partial charge in [0.15, 0.2) is 5.13 Å². The van der Waals surface area contributed by atoms with Crippen LogP contribution >= 0.6 is 11.3 Å². The van der Waals surface area contributed by atoms with Crippen molar-refractivity contribution in [2.75, 3.05) is 25.0 Å². The van der Waals surface area contributed by atoms with Crippen LogP contribution < -0.4 is 10.2 Å². The lowest BCUT2D eigenvalue weighted by Crippen LogP contribution is -2.27. The monoisotopic (exact) mass is 283 g/mol. The van der Waals surface area contributed by atoms with Crippen molar-refractivity contribution in [3.63, 3.8) is 0 Å². The van der Waals surface area contributed by atoms with Crippen LogP contribution in [0.25, 0.3) is 0 Å². The van der Waals surface area contributed by atoms with Gasteiger partial charge in [-0.25, -0.2) is 4.98 Å². The molecule has 1 rings (SSSR count). The summed E-state index contributed by atoms with van der Waals surface area (Å²) in [6, 6.07) is 0. The van der Waals surface area contributed by atoms with Crippen molar-refractivity contribution in [2.24, 2.45) is 5.92 Å². The van der Waals surface area contributed by atoms with Crippen molar-refractivity contribution in [2.45, 2.75) is 53.5 Å². The number of anilines is 1. The van der Waals surface area contributed by atoms with E-state index in [4.69, 9.17) is 4.98 Å². The molecule has 0 bridgehead atoms. The van der Waals surface area contributed by atoms with Crippen LogP contribution in [0.5, 0.6) is 0 Å². The predicted molar refractivity (Wildman–Crippen MR) is 86.3 cm³/mol. The molecule has 0 saturated heterocycles. The number of rotatable bonds is 6. The van der Waals surface area contributed by atoms with Crippen LogP contribution in [-0.2, 0) is 12.0 Å². The van der Waals surface area contributed by atoms with Gasteiger partial charge in [0.2, 0.25) is 0 Å². The molecule has 0 unspecified atom stereocenters. The number of thiazole rings is 1. The zero-order chi connectivity index (χ0) is 14.6. The predicted octanol–water partition coefficient (Wildman–Crippen LogP) is 3.64. The van der Waals surface area contributed by atoms with Gasteiger partial charge in [0.1, 0.15) is 0 Å². The molecule has 0 aliphatic rings. The minimum absolute atomic E-state index is 0.109. The SMILES string of the molecule is CCN(CC(C)C)c1nc(C(C)(C)C)c(CNC)s1. The largest absolute Gasteiger partial charge is 0.348 e. The summed E-state index contributed by atoms with van der Waals surface area (Å²) >= 11 is 1.84. The van der Waals surface area contributed by atoms with Crippen LogP contribution in [0, 0.1) is 5.92 Å². The molecule has 0 radical (unpaired) electrons. The van der Waals surface area contributed by atoms with Crippen molar-refractivity contribution in [1.29, 1.82) is 0 Å². The molecule has 3 nitrogen and oxygen atoms in total. The maximum atomic E-state index is 4.93. The summed E-state index contributed by atoms with van der Waals surface area (Å²) < 4.78 is 0. The van der Waals surface area contributed by atoms with Gasteiger partial charge in [-0.2, -0.15) is 0 Å². The smallest absolute Gasteiger partial charge is 0.185 e. The van der Waals surface area contributed by atoms with E-state index in [1.54, 1.807) is 0 Å². The molecule has 0 fully saturated rings. The second-order valence-electron chi connectivity index (χ2n) is 6.48. The lowest BCUT2D eigenvalue weighted by Gasteiger charge is -2.22. The van der Waals surface area contributed by atoms with Gasteiger partial charge in [0.25, 0.3) is 0 Å². The Hall–Kier alpha value is -0.610. The summed E-state index contributed by atoms with van der Waals surface area (Å²) in [4.78, 5) is 8.69. The van der Waals surface area contributed by atoms with Crippen LogP contribution in [0.15, 0.2) is 0 Å². The van der Waals surface area contributed by atoms with Gasteiger partial charge in [-0.1, -0.05) is 34.6 Å². The number of nitrogens with one attached hydrogen (secondary N) is 1. The van der Waals surface area contributed by atoms with Crippen LogP contribution in [0.3, 0.4) is 0 Å². The van der Waals surface area contributed by atoms with Crippen molar-refractivity contribution in [3.05, 3.63) is 10.6 Å². The quantitative estimate of drug-likeness (QED) is 0.864. The number of hydrogen-bond donors (Lipinski definition) is 1. The molecule has 0 amide bonds. The first-order valence-corrected chi connectivity index (χ1v) is 8.01. The van der Waals surface area contributed by atoms with Crippen molar-refractivity contribution >= 4 is 16.5 Å². The summed E-state index contributed by atoms with van der Waals surface area (Å²) in [7, 11) is 2.00. The average molecular weight is 283 g/mol. The Balaban J connectivity index is 3.08. The minimum atomic E-state index is 0.109. The molecule has 19 heavy (non-hydrogen) atoms. The summed E-state index contributed by atoms with van der Waals surface area (Å²) in [5, 5.41) is 4.43. The van der Waals surface area contributed by atoms with E-state index in [0.29, 0.717) is 5.92 Å². The first kappa shape index (κ1) is 16.4. The fourth-order valence-electron chi connectivity index (χ4n) is 2.12. The summed E-state index contributed by atoms with van der Waals surface area (Å²) in [6.45, 7) is 16.4. The Morgan fingerprint density at radius 1 is 1.32 bits per heavy atom.